The lowest BCUT2D eigenvalue weighted by molar-refractivity contribution is 0.207. The predicted octanol–water partition coefficient (Wildman–Crippen LogP) is 3.81. The summed E-state index contributed by atoms with van der Waals surface area (Å²) in [6.45, 7) is 5.63. The Hall–Kier alpha value is -1.68. The number of likely N-dealkylation sites (tertiary alicyclic amines) is 1. The van der Waals surface area contributed by atoms with Gasteiger partial charge in [-0.2, -0.15) is 5.10 Å². The smallest absolute Gasteiger partial charge is 0.123 e. The van der Waals surface area contributed by atoms with Gasteiger partial charge in [-0.1, -0.05) is 19.1 Å². The minimum absolute atomic E-state index is 0.198. The number of hydrogen-bond acceptors (Lipinski definition) is 2. The van der Waals surface area contributed by atoms with E-state index in [9.17, 15) is 4.39 Å². The topological polar surface area (TPSA) is 31.9 Å². The molecular weight excluding hydrogens is 265 g/mol. The van der Waals surface area contributed by atoms with E-state index in [0.29, 0.717) is 5.92 Å². The number of benzene rings is 1. The summed E-state index contributed by atoms with van der Waals surface area (Å²) in [7, 11) is 0. The maximum absolute atomic E-state index is 13.5. The van der Waals surface area contributed by atoms with Crippen molar-refractivity contribution >= 4 is 0 Å². The van der Waals surface area contributed by atoms with Crippen LogP contribution in [-0.4, -0.2) is 34.7 Å². The fraction of sp³-hybridized carbons (Fsp3) is 0.471. The number of nitrogens with one attached hydrogen (secondary N) is 1. The van der Waals surface area contributed by atoms with Crippen molar-refractivity contribution in [3.05, 3.63) is 42.0 Å². The Morgan fingerprint density at radius 3 is 3.14 bits per heavy atom. The molecule has 1 aromatic heterocycles. The predicted molar refractivity (Wildman–Crippen MR) is 82.7 cm³/mol. The van der Waals surface area contributed by atoms with E-state index in [1.165, 1.54) is 31.9 Å². The van der Waals surface area contributed by atoms with Gasteiger partial charge < -0.3 is 4.90 Å². The molecule has 1 aromatic carbocycles. The van der Waals surface area contributed by atoms with Crippen molar-refractivity contribution in [2.45, 2.75) is 32.1 Å². The summed E-state index contributed by atoms with van der Waals surface area (Å²) in [6.07, 6.45) is 5.40. The molecule has 1 saturated heterocycles. The second kappa shape index (κ2) is 6.39. The minimum atomic E-state index is -0.198. The van der Waals surface area contributed by atoms with Gasteiger partial charge in [-0.05, 0) is 50.0 Å². The van der Waals surface area contributed by atoms with Crippen LogP contribution in [0.5, 0.6) is 0 Å². The van der Waals surface area contributed by atoms with Crippen molar-refractivity contribution in [3.63, 3.8) is 0 Å². The van der Waals surface area contributed by atoms with E-state index >= 15 is 0 Å². The molecule has 1 fully saturated rings. The third-order valence-electron chi connectivity index (χ3n) is 4.26. The number of H-pyrrole nitrogens is 1. The van der Waals surface area contributed by atoms with Crippen LogP contribution < -0.4 is 0 Å². The highest BCUT2D eigenvalue weighted by molar-refractivity contribution is 5.65. The van der Waals surface area contributed by atoms with Crippen LogP contribution in [0.25, 0.3) is 11.1 Å². The Balaban J connectivity index is 1.85. The van der Waals surface area contributed by atoms with Gasteiger partial charge in [0.2, 0.25) is 0 Å². The molecule has 21 heavy (non-hydrogen) atoms. The third-order valence-corrected chi connectivity index (χ3v) is 4.26. The lowest BCUT2D eigenvalue weighted by Crippen LogP contribution is -2.35. The quantitative estimate of drug-likeness (QED) is 0.927. The van der Waals surface area contributed by atoms with E-state index in [0.717, 1.165) is 29.9 Å². The molecule has 0 amide bonds. The van der Waals surface area contributed by atoms with Crippen molar-refractivity contribution in [1.82, 2.24) is 15.1 Å². The molecule has 1 N–H and O–H groups in total. The number of aromatic nitrogens is 2. The number of aromatic amines is 1. The lowest BCUT2D eigenvalue weighted by atomic mass is 9.90. The highest BCUT2D eigenvalue weighted by Gasteiger charge is 2.24. The Morgan fingerprint density at radius 1 is 1.43 bits per heavy atom. The molecule has 2 heterocycles. The van der Waals surface area contributed by atoms with Gasteiger partial charge in [0.1, 0.15) is 5.82 Å². The normalized spacial score (nSPS) is 19.8. The van der Waals surface area contributed by atoms with Gasteiger partial charge in [-0.3, -0.25) is 5.10 Å². The first-order valence-electron chi connectivity index (χ1n) is 7.79. The molecule has 3 nitrogen and oxygen atoms in total. The van der Waals surface area contributed by atoms with Crippen LogP contribution in [-0.2, 0) is 0 Å². The zero-order valence-electron chi connectivity index (χ0n) is 12.5. The first-order chi connectivity index (χ1) is 10.3. The maximum atomic E-state index is 13.5. The molecule has 0 bridgehead atoms. The van der Waals surface area contributed by atoms with Gasteiger partial charge in [0.15, 0.2) is 0 Å². The number of rotatable bonds is 4. The number of halogens is 1. The van der Waals surface area contributed by atoms with E-state index in [2.05, 4.69) is 22.0 Å². The summed E-state index contributed by atoms with van der Waals surface area (Å²) in [5, 5.41) is 7.37. The molecular formula is C17H22FN3. The van der Waals surface area contributed by atoms with Crippen molar-refractivity contribution in [3.8, 4) is 11.1 Å². The molecule has 3 rings (SSSR count). The maximum Gasteiger partial charge on any atom is 0.123 e. The Bertz CT molecular complexity index is 591. The lowest BCUT2D eigenvalue weighted by Gasteiger charge is -2.32. The molecule has 0 saturated carbocycles. The fourth-order valence-electron chi connectivity index (χ4n) is 3.30. The summed E-state index contributed by atoms with van der Waals surface area (Å²) in [6, 6.07) is 6.77. The average molecular weight is 287 g/mol. The molecule has 0 radical (unpaired) electrons. The van der Waals surface area contributed by atoms with Crippen molar-refractivity contribution in [1.29, 1.82) is 0 Å². The minimum Gasteiger partial charge on any atom is -0.303 e. The zero-order chi connectivity index (χ0) is 14.7. The van der Waals surface area contributed by atoms with Crippen LogP contribution in [0.1, 0.15) is 37.8 Å². The van der Waals surface area contributed by atoms with Crippen molar-refractivity contribution < 1.29 is 4.39 Å². The average Bonchev–Trinajstić information content (AvgIpc) is 2.97. The second-order valence-electron chi connectivity index (χ2n) is 5.85. The largest absolute Gasteiger partial charge is 0.303 e. The van der Waals surface area contributed by atoms with Crippen LogP contribution in [0.15, 0.2) is 30.5 Å². The van der Waals surface area contributed by atoms with Gasteiger partial charge in [0, 0.05) is 23.7 Å². The Labute approximate surface area is 125 Å². The first-order valence-corrected chi connectivity index (χ1v) is 7.79. The van der Waals surface area contributed by atoms with Gasteiger partial charge in [0.25, 0.3) is 0 Å². The highest BCUT2D eigenvalue weighted by atomic mass is 19.1. The molecule has 1 aliphatic rings. The van der Waals surface area contributed by atoms with Crippen LogP contribution in [0.2, 0.25) is 0 Å². The molecule has 1 atom stereocenters. The Kier molecular flexibility index (Phi) is 4.34. The van der Waals surface area contributed by atoms with E-state index in [-0.39, 0.29) is 5.82 Å². The van der Waals surface area contributed by atoms with Gasteiger partial charge in [-0.25, -0.2) is 4.39 Å². The molecule has 1 aliphatic heterocycles. The van der Waals surface area contributed by atoms with Crippen molar-refractivity contribution in [2.24, 2.45) is 0 Å². The Morgan fingerprint density at radius 2 is 2.33 bits per heavy atom. The van der Waals surface area contributed by atoms with Crippen LogP contribution in [0.3, 0.4) is 0 Å². The number of piperidine rings is 1. The second-order valence-corrected chi connectivity index (χ2v) is 5.85. The summed E-state index contributed by atoms with van der Waals surface area (Å²) in [5.41, 5.74) is 3.10. The molecule has 4 heteroatoms. The molecule has 112 valence electrons. The zero-order valence-corrected chi connectivity index (χ0v) is 12.5. The van der Waals surface area contributed by atoms with E-state index in [4.69, 9.17) is 0 Å². The molecule has 2 aromatic rings. The fourth-order valence-corrected chi connectivity index (χ4v) is 3.30. The van der Waals surface area contributed by atoms with Crippen LogP contribution >= 0.6 is 0 Å². The summed E-state index contributed by atoms with van der Waals surface area (Å²) in [4.78, 5) is 2.52. The van der Waals surface area contributed by atoms with E-state index < -0.39 is 0 Å². The monoisotopic (exact) mass is 287 g/mol. The van der Waals surface area contributed by atoms with E-state index in [1.54, 1.807) is 12.1 Å². The first kappa shape index (κ1) is 14.3. The summed E-state index contributed by atoms with van der Waals surface area (Å²) < 4.78 is 13.5. The number of nitrogens with zero attached hydrogens (tertiary/aromatic N) is 2. The van der Waals surface area contributed by atoms with Crippen LogP contribution in [0.4, 0.5) is 4.39 Å². The summed E-state index contributed by atoms with van der Waals surface area (Å²) in [5.74, 6) is 0.266. The van der Waals surface area contributed by atoms with Gasteiger partial charge in [-0.15, -0.1) is 0 Å². The summed E-state index contributed by atoms with van der Waals surface area (Å²) >= 11 is 0. The molecule has 0 aliphatic carbocycles. The highest BCUT2D eigenvalue weighted by Crippen LogP contribution is 2.33. The molecule has 1 unspecified atom stereocenters. The SMILES string of the molecule is CCCN1CCCC(c2[nH]ncc2-c2cccc(F)c2)C1. The van der Waals surface area contributed by atoms with E-state index in [1.807, 2.05) is 12.3 Å². The number of hydrogen-bond donors (Lipinski definition) is 1. The van der Waals surface area contributed by atoms with Crippen molar-refractivity contribution in [2.75, 3.05) is 19.6 Å². The van der Waals surface area contributed by atoms with Gasteiger partial charge in [0.05, 0.1) is 6.20 Å². The standard InChI is InChI=1S/C17H22FN3/c1-2-8-21-9-4-6-14(12-21)17-16(11-19-20-17)13-5-3-7-15(18)10-13/h3,5,7,10-11,14H,2,4,6,8-9,12H2,1H3,(H,19,20). The third kappa shape index (κ3) is 3.16. The van der Waals surface area contributed by atoms with Gasteiger partial charge >= 0.3 is 0 Å². The van der Waals surface area contributed by atoms with Crippen LogP contribution in [0, 0.1) is 5.82 Å². The molecule has 0 spiro atoms.